The van der Waals surface area contributed by atoms with Gasteiger partial charge in [0, 0.05) is 19.3 Å². The molecule has 0 aliphatic rings. The maximum atomic E-state index is 12.7. The van der Waals surface area contributed by atoms with E-state index in [0.29, 0.717) is 28.7 Å². The van der Waals surface area contributed by atoms with E-state index in [9.17, 15) is 9.59 Å². The van der Waals surface area contributed by atoms with E-state index in [-0.39, 0.29) is 6.01 Å². The molecule has 31 heavy (non-hydrogen) atoms. The molecule has 8 nitrogen and oxygen atoms in total. The van der Waals surface area contributed by atoms with Crippen LogP contribution in [0.3, 0.4) is 0 Å². The Kier molecular flexibility index (Phi) is 6.19. The molecule has 0 atom stereocenters. The van der Waals surface area contributed by atoms with Crippen LogP contribution in [0.15, 0.2) is 45.6 Å². The number of amides is 1. The Labute approximate surface area is 180 Å². The van der Waals surface area contributed by atoms with Crippen LogP contribution in [0.1, 0.15) is 31.9 Å². The van der Waals surface area contributed by atoms with Crippen molar-refractivity contribution in [1.82, 2.24) is 4.98 Å². The summed E-state index contributed by atoms with van der Waals surface area (Å²) in [5.41, 5.74) is 1.38. The molecule has 0 spiro atoms. The predicted molar refractivity (Wildman–Crippen MR) is 120 cm³/mol. The highest BCUT2D eigenvalue weighted by molar-refractivity contribution is 5.93. The highest BCUT2D eigenvalue weighted by atomic mass is 16.6. The van der Waals surface area contributed by atoms with E-state index in [1.54, 1.807) is 58.9 Å². The first-order valence-corrected chi connectivity index (χ1v) is 9.86. The van der Waals surface area contributed by atoms with Gasteiger partial charge in [-0.05, 0) is 63.1 Å². The van der Waals surface area contributed by atoms with Gasteiger partial charge in [-0.25, -0.2) is 9.59 Å². The number of hydrogen-bond donors (Lipinski definition) is 1. The van der Waals surface area contributed by atoms with Gasteiger partial charge in [0.2, 0.25) is 0 Å². The summed E-state index contributed by atoms with van der Waals surface area (Å²) < 4.78 is 15.9. The molecular formula is C23H27N3O5. The number of anilines is 2. The quantitative estimate of drug-likeness (QED) is 0.644. The fraction of sp³-hybridized carbons (Fsp3) is 0.348. The SMILES string of the molecule is COc1ccc(CN(C)c2nc3ccc(NC(=O)OC(C)(C)C)c(C)c3c(=O)o2)cc1. The molecule has 0 aliphatic carbocycles. The molecule has 0 fully saturated rings. The number of nitrogens with zero attached hydrogens (tertiary/aromatic N) is 2. The molecule has 8 heteroatoms. The highest BCUT2D eigenvalue weighted by Crippen LogP contribution is 2.25. The van der Waals surface area contributed by atoms with Crippen LogP contribution in [0.2, 0.25) is 0 Å². The van der Waals surface area contributed by atoms with E-state index in [1.807, 2.05) is 24.3 Å². The third-order valence-corrected chi connectivity index (χ3v) is 4.59. The van der Waals surface area contributed by atoms with E-state index < -0.39 is 17.3 Å². The summed E-state index contributed by atoms with van der Waals surface area (Å²) in [6, 6.07) is 11.2. The fourth-order valence-corrected chi connectivity index (χ4v) is 3.09. The second-order valence-electron chi connectivity index (χ2n) is 8.25. The van der Waals surface area contributed by atoms with Crippen molar-refractivity contribution in [1.29, 1.82) is 0 Å². The van der Waals surface area contributed by atoms with Crippen molar-refractivity contribution in [2.24, 2.45) is 0 Å². The molecular weight excluding hydrogens is 398 g/mol. The number of ether oxygens (including phenoxy) is 2. The zero-order valence-electron chi connectivity index (χ0n) is 18.6. The molecule has 0 bridgehead atoms. The molecule has 0 saturated heterocycles. The average Bonchev–Trinajstić information content (AvgIpc) is 2.69. The number of carbonyl (C=O) groups excluding carboxylic acids is 1. The summed E-state index contributed by atoms with van der Waals surface area (Å²) in [6.45, 7) is 7.57. The topological polar surface area (TPSA) is 93.9 Å². The van der Waals surface area contributed by atoms with Crippen LogP contribution in [0.25, 0.3) is 10.9 Å². The van der Waals surface area contributed by atoms with Gasteiger partial charge < -0.3 is 18.8 Å². The third kappa shape index (κ3) is 5.33. The number of carbonyl (C=O) groups is 1. The summed E-state index contributed by atoms with van der Waals surface area (Å²) >= 11 is 0. The Balaban J connectivity index is 1.86. The zero-order chi connectivity index (χ0) is 22.8. The normalized spacial score (nSPS) is 11.3. The lowest BCUT2D eigenvalue weighted by atomic mass is 10.1. The Morgan fingerprint density at radius 1 is 1.16 bits per heavy atom. The summed E-state index contributed by atoms with van der Waals surface area (Å²) in [5, 5.41) is 2.99. The largest absolute Gasteiger partial charge is 0.497 e. The van der Waals surface area contributed by atoms with Crippen molar-refractivity contribution in [3.05, 3.63) is 57.9 Å². The summed E-state index contributed by atoms with van der Waals surface area (Å²) in [4.78, 5) is 31.1. The van der Waals surface area contributed by atoms with Gasteiger partial charge >= 0.3 is 17.7 Å². The van der Waals surface area contributed by atoms with Crippen LogP contribution < -0.4 is 20.6 Å². The Morgan fingerprint density at radius 3 is 2.45 bits per heavy atom. The average molecular weight is 425 g/mol. The zero-order valence-corrected chi connectivity index (χ0v) is 18.6. The first-order chi connectivity index (χ1) is 14.6. The molecule has 2 aromatic carbocycles. The minimum absolute atomic E-state index is 0.209. The van der Waals surface area contributed by atoms with Crippen molar-refractivity contribution >= 4 is 28.7 Å². The number of aromatic nitrogens is 1. The number of methoxy groups -OCH3 is 1. The lowest BCUT2D eigenvalue weighted by Gasteiger charge is -2.20. The monoisotopic (exact) mass is 425 g/mol. The second-order valence-corrected chi connectivity index (χ2v) is 8.25. The maximum absolute atomic E-state index is 12.7. The number of nitrogens with one attached hydrogen (secondary N) is 1. The molecule has 3 rings (SSSR count). The fourth-order valence-electron chi connectivity index (χ4n) is 3.09. The Bertz CT molecular complexity index is 1150. The molecule has 0 aliphatic heterocycles. The number of benzene rings is 2. The van der Waals surface area contributed by atoms with E-state index >= 15 is 0 Å². The van der Waals surface area contributed by atoms with E-state index in [4.69, 9.17) is 13.9 Å². The number of aryl methyl sites for hydroxylation is 1. The molecule has 1 aromatic heterocycles. The summed E-state index contributed by atoms with van der Waals surface area (Å²) in [7, 11) is 3.41. The van der Waals surface area contributed by atoms with Crippen LogP contribution >= 0.6 is 0 Å². The van der Waals surface area contributed by atoms with Crippen LogP contribution in [0, 0.1) is 6.92 Å². The standard InChI is InChI=1S/C23H27N3O5/c1-14-17(25-22(28)31-23(2,3)4)11-12-18-19(14)20(27)30-21(24-18)26(5)13-15-7-9-16(29-6)10-8-15/h7-12H,13H2,1-6H3,(H,25,28). The van der Waals surface area contributed by atoms with Crippen LogP contribution in [-0.4, -0.2) is 30.8 Å². The highest BCUT2D eigenvalue weighted by Gasteiger charge is 2.19. The molecule has 0 saturated carbocycles. The predicted octanol–water partition coefficient (Wildman–Crippen LogP) is 4.49. The van der Waals surface area contributed by atoms with Crippen LogP contribution in [-0.2, 0) is 11.3 Å². The second kappa shape index (κ2) is 8.67. The molecule has 0 unspecified atom stereocenters. The van der Waals surface area contributed by atoms with Crippen molar-refractivity contribution < 1.29 is 18.7 Å². The number of fused-ring (bicyclic) bond motifs is 1. The van der Waals surface area contributed by atoms with Crippen molar-refractivity contribution in [2.45, 2.75) is 39.8 Å². The van der Waals surface area contributed by atoms with Gasteiger partial charge in [0.15, 0.2) is 0 Å². The van der Waals surface area contributed by atoms with Gasteiger partial charge in [-0.3, -0.25) is 5.32 Å². The van der Waals surface area contributed by atoms with Gasteiger partial charge in [0.1, 0.15) is 11.4 Å². The molecule has 1 amide bonds. The van der Waals surface area contributed by atoms with Gasteiger partial charge in [-0.15, -0.1) is 0 Å². The lowest BCUT2D eigenvalue weighted by Crippen LogP contribution is -2.27. The van der Waals surface area contributed by atoms with Crippen LogP contribution in [0.5, 0.6) is 5.75 Å². The van der Waals surface area contributed by atoms with E-state index in [0.717, 1.165) is 11.3 Å². The van der Waals surface area contributed by atoms with Gasteiger partial charge in [-0.2, -0.15) is 4.98 Å². The minimum atomic E-state index is -0.626. The Hall–Kier alpha value is -3.55. The van der Waals surface area contributed by atoms with Gasteiger partial charge in [0.05, 0.1) is 18.0 Å². The lowest BCUT2D eigenvalue weighted by molar-refractivity contribution is 0.0636. The first-order valence-electron chi connectivity index (χ1n) is 9.86. The summed E-state index contributed by atoms with van der Waals surface area (Å²) in [5.74, 6) is 0.771. The van der Waals surface area contributed by atoms with Crippen molar-refractivity contribution in [2.75, 3.05) is 24.4 Å². The van der Waals surface area contributed by atoms with Crippen molar-refractivity contribution in [3.63, 3.8) is 0 Å². The van der Waals surface area contributed by atoms with E-state index in [1.165, 1.54) is 0 Å². The van der Waals surface area contributed by atoms with Gasteiger partial charge in [0.25, 0.3) is 0 Å². The Morgan fingerprint density at radius 2 is 1.84 bits per heavy atom. The van der Waals surface area contributed by atoms with Crippen LogP contribution in [0.4, 0.5) is 16.5 Å². The third-order valence-electron chi connectivity index (χ3n) is 4.59. The molecule has 164 valence electrons. The molecule has 1 heterocycles. The maximum Gasteiger partial charge on any atom is 0.412 e. The molecule has 1 N–H and O–H groups in total. The number of rotatable bonds is 5. The molecule has 0 radical (unpaired) electrons. The smallest absolute Gasteiger partial charge is 0.412 e. The number of hydrogen-bond acceptors (Lipinski definition) is 7. The first kappa shape index (κ1) is 22.1. The summed E-state index contributed by atoms with van der Waals surface area (Å²) in [6.07, 6.45) is -0.594. The van der Waals surface area contributed by atoms with E-state index in [2.05, 4.69) is 10.3 Å². The van der Waals surface area contributed by atoms with Gasteiger partial charge in [-0.1, -0.05) is 12.1 Å². The van der Waals surface area contributed by atoms with Crippen molar-refractivity contribution in [3.8, 4) is 5.75 Å². The minimum Gasteiger partial charge on any atom is -0.497 e. The molecule has 3 aromatic rings.